The zero-order valence-corrected chi connectivity index (χ0v) is 11.0. The third-order valence-corrected chi connectivity index (χ3v) is 3.71. The van der Waals surface area contributed by atoms with Crippen molar-refractivity contribution in [3.05, 3.63) is 29.8 Å². The second-order valence-corrected chi connectivity index (χ2v) is 5.06. The van der Waals surface area contributed by atoms with Crippen LogP contribution in [0.3, 0.4) is 0 Å². The van der Waals surface area contributed by atoms with Crippen LogP contribution in [-0.4, -0.2) is 53.7 Å². The smallest absolute Gasteiger partial charge is 0.115 e. The molecule has 3 N–H and O–H groups in total. The standard InChI is InChI=1S/C14H23N3O/c1-12(10-15)17-8-6-16(7-9-17)11-13-2-4-14(18)5-3-13/h2-5,12,18H,6-11,15H2,1H3. The van der Waals surface area contributed by atoms with Crippen molar-refractivity contribution in [2.24, 2.45) is 5.73 Å². The molecule has 1 heterocycles. The average molecular weight is 249 g/mol. The van der Waals surface area contributed by atoms with Gasteiger partial charge in [0.05, 0.1) is 0 Å². The van der Waals surface area contributed by atoms with E-state index in [0.29, 0.717) is 11.8 Å². The summed E-state index contributed by atoms with van der Waals surface area (Å²) in [6, 6.07) is 7.97. The van der Waals surface area contributed by atoms with Gasteiger partial charge in [0.15, 0.2) is 0 Å². The minimum atomic E-state index is 0.334. The number of nitrogens with zero attached hydrogens (tertiary/aromatic N) is 2. The van der Waals surface area contributed by atoms with Crippen molar-refractivity contribution in [2.45, 2.75) is 19.5 Å². The Kier molecular flexibility index (Phi) is 4.58. The summed E-state index contributed by atoms with van der Waals surface area (Å²) in [6.45, 7) is 8.25. The Labute approximate surface area is 109 Å². The fraction of sp³-hybridized carbons (Fsp3) is 0.571. The molecule has 4 nitrogen and oxygen atoms in total. The summed E-state index contributed by atoms with van der Waals surface area (Å²) < 4.78 is 0. The van der Waals surface area contributed by atoms with Crippen LogP contribution < -0.4 is 5.73 Å². The van der Waals surface area contributed by atoms with Crippen molar-refractivity contribution in [3.8, 4) is 5.75 Å². The number of phenols is 1. The Hall–Kier alpha value is -1.10. The lowest BCUT2D eigenvalue weighted by molar-refractivity contribution is 0.100. The number of hydrogen-bond donors (Lipinski definition) is 2. The maximum Gasteiger partial charge on any atom is 0.115 e. The summed E-state index contributed by atoms with van der Waals surface area (Å²) >= 11 is 0. The van der Waals surface area contributed by atoms with Gasteiger partial charge in [0, 0.05) is 45.3 Å². The molecule has 0 spiro atoms. The molecule has 0 amide bonds. The topological polar surface area (TPSA) is 52.7 Å². The van der Waals surface area contributed by atoms with Gasteiger partial charge in [-0.2, -0.15) is 0 Å². The van der Waals surface area contributed by atoms with E-state index in [1.807, 2.05) is 12.1 Å². The summed E-state index contributed by atoms with van der Waals surface area (Å²) in [6.07, 6.45) is 0. The molecule has 0 saturated carbocycles. The molecule has 0 radical (unpaired) electrons. The van der Waals surface area contributed by atoms with E-state index in [-0.39, 0.29) is 0 Å². The molecule has 1 unspecified atom stereocenters. The number of hydrogen-bond acceptors (Lipinski definition) is 4. The number of piperazine rings is 1. The second kappa shape index (κ2) is 6.18. The predicted octanol–water partition coefficient (Wildman–Crippen LogP) is 0.857. The number of nitrogens with two attached hydrogens (primary N) is 1. The van der Waals surface area contributed by atoms with Crippen molar-refractivity contribution in [1.82, 2.24) is 9.80 Å². The highest BCUT2D eigenvalue weighted by molar-refractivity contribution is 5.25. The quantitative estimate of drug-likeness (QED) is 0.831. The number of rotatable bonds is 4. The van der Waals surface area contributed by atoms with Gasteiger partial charge in [-0.15, -0.1) is 0 Å². The highest BCUT2D eigenvalue weighted by Gasteiger charge is 2.19. The monoisotopic (exact) mass is 249 g/mol. The maximum atomic E-state index is 9.25. The number of aromatic hydroxyl groups is 1. The van der Waals surface area contributed by atoms with Gasteiger partial charge in [-0.25, -0.2) is 0 Å². The van der Waals surface area contributed by atoms with Gasteiger partial charge < -0.3 is 10.8 Å². The van der Waals surface area contributed by atoms with E-state index in [0.717, 1.165) is 39.3 Å². The van der Waals surface area contributed by atoms with Gasteiger partial charge in [-0.3, -0.25) is 9.80 Å². The Morgan fingerprint density at radius 1 is 1.17 bits per heavy atom. The molecule has 18 heavy (non-hydrogen) atoms. The summed E-state index contributed by atoms with van der Waals surface area (Å²) in [5.41, 5.74) is 6.95. The van der Waals surface area contributed by atoms with E-state index in [2.05, 4.69) is 16.7 Å². The number of benzene rings is 1. The zero-order chi connectivity index (χ0) is 13.0. The first-order chi connectivity index (χ1) is 8.69. The van der Waals surface area contributed by atoms with Gasteiger partial charge in [0.25, 0.3) is 0 Å². The summed E-state index contributed by atoms with van der Waals surface area (Å²) in [5.74, 6) is 0.334. The average Bonchev–Trinajstić information content (AvgIpc) is 2.41. The van der Waals surface area contributed by atoms with Crippen molar-refractivity contribution in [1.29, 1.82) is 0 Å². The largest absolute Gasteiger partial charge is 0.508 e. The first-order valence-electron chi connectivity index (χ1n) is 6.63. The molecule has 0 aliphatic carbocycles. The second-order valence-electron chi connectivity index (χ2n) is 5.06. The van der Waals surface area contributed by atoms with Gasteiger partial charge >= 0.3 is 0 Å². The van der Waals surface area contributed by atoms with Gasteiger partial charge in [-0.1, -0.05) is 12.1 Å². The first kappa shape index (κ1) is 13.3. The first-order valence-corrected chi connectivity index (χ1v) is 6.63. The van der Waals surface area contributed by atoms with Crippen molar-refractivity contribution in [2.75, 3.05) is 32.7 Å². The molecular weight excluding hydrogens is 226 g/mol. The summed E-state index contributed by atoms with van der Waals surface area (Å²) in [4.78, 5) is 4.90. The van der Waals surface area contributed by atoms with E-state index in [1.165, 1.54) is 5.56 Å². The van der Waals surface area contributed by atoms with E-state index >= 15 is 0 Å². The van der Waals surface area contributed by atoms with Crippen LogP contribution in [0, 0.1) is 0 Å². The van der Waals surface area contributed by atoms with E-state index < -0.39 is 0 Å². The highest BCUT2D eigenvalue weighted by Crippen LogP contribution is 2.13. The summed E-state index contributed by atoms with van der Waals surface area (Å²) in [5, 5.41) is 9.25. The molecule has 1 fully saturated rings. The Morgan fingerprint density at radius 2 is 1.78 bits per heavy atom. The molecule has 2 rings (SSSR count). The maximum absolute atomic E-state index is 9.25. The van der Waals surface area contributed by atoms with Crippen LogP contribution in [0.5, 0.6) is 5.75 Å². The normalized spacial score (nSPS) is 19.9. The van der Waals surface area contributed by atoms with Crippen LogP contribution in [0.25, 0.3) is 0 Å². The molecule has 1 saturated heterocycles. The molecule has 0 aromatic heterocycles. The van der Waals surface area contributed by atoms with Gasteiger partial charge in [0.1, 0.15) is 5.75 Å². The van der Waals surface area contributed by atoms with Crippen LogP contribution in [-0.2, 0) is 6.54 Å². The van der Waals surface area contributed by atoms with Crippen LogP contribution in [0.2, 0.25) is 0 Å². The molecule has 100 valence electrons. The fourth-order valence-electron chi connectivity index (χ4n) is 2.37. The molecule has 1 aliphatic heterocycles. The van der Waals surface area contributed by atoms with Crippen molar-refractivity contribution >= 4 is 0 Å². The van der Waals surface area contributed by atoms with Crippen molar-refractivity contribution < 1.29 is 5.11 Å². The van der Waals surface area contributed by atoms with E-state index in [9.17, 15) is 5.11 Å². The van der Waals surface area contributed by atoms with Crippen LogP contribution in [0.1, 0.15) is 12.5 Å². The number of phenolic OH excluding ortho intramolecular Hbond substituents is 1. The molecule has 1 atom stereocenters. The third kappa shape index (κ3) is 3.45. The fourth-order valence-corrected chi connectivity index (χ4v) is 2.37. The van der Waals surface area contributed by atoms with Crippen LogP contribution >= 0.6 is 0 Å². The summed E-state index contributed by atoms with van der Waals surface area (Å²) in [7, 11) is 0. The molecule has 1 aliphatic rings. The minimum Gasteiger partial charge on any atom is -0.508 e. The molecule has 4 heteroatoms. The van der Waals surface area contributed by atoms with Crippen LogP contribution in [0.4, 0.5) is 0 Å². The molecule has 0 bridgehead atoms. The zero-order valence-electron chi connectivity index (χ0n) is 11.0. The molecule has 1 aromatic carbocycles. The van der Waals surface area contributed by atoms with Crippen molar-refractivity contribution in [3.63, 3.8) is 0 Å². The molecule has 1 aromatic rings. The lowest BCUT2D eigenvalue weighted by Crippen LogP contribution is -2.50. The Balaban J connectivity index is 1.81. The van der Waals surface area contributed by atoms with E-state index in [4.69, 9.17) is 5.73 Å². The Morgan fingerprint density at radius 3 is 2.33 bits per heavy atom. The van der Waals surface area contributed by atoms with Gasteiger partial charge in [0.2, 0.25) is 0 Å². The lowest BCUT2D eigenvalue weighted by Gasteiger charge is -2.37. The molecular formula is C14H23N3O. The highest BCUT2D eigenvalue weighted by atomic mass is 16.3. The predicted molar refractivity (Wildman–Crippen MR) is 73.5 cm³/mol. The van der Waals surface area contributed by atoms with E-state index in [1.54, 1.807) is 12.1 Å². The Bertz CT molecular complexity index is 358. The SMILES string of the molecule is CC(CN)N1CCN(Cc2ccc(O)cc2)CC1. The minimum absolute atomic E-state index is 0.334. The third-order valence-electron chi connectivity index (χ3n) is 3.71. The lowest BCUT2D eigenvalue weighted by atomic mass is 10.1. The van der Waals surface area contributed by atoms with Crippen LogP contribution in [0.15, 0.2) is 24.3 Å². The van der Waals surface area contributed by atoms with Gasteiger partial charge in [-0.05, 0) is 24.6 Å².